The number of nitrogens with one attached hydrogen (secondary N) is 1. The minimum atomic E-state index is -4.39. The van der Waals surface area contributed by atoms with Crippen LogP contribution in [0.15, 0.2) is 66.9 Å². The van der Waals surface area contributed by atoms with Crippen LogP contribution in [0.2, 0.25) is 0 Å². The van der Waals surface area contributed by atoms with Crippen LogP contribution in [0, 0.1) is 0 Å². The molecule has 34 heavy (non-hydrogen) atoms. The number of urea groups is 1. The van der Waals surface area contributed by atoms with Gasteiger partial charge in [0.15, 0.2) is 0 Å². The third kappa shape index (κ3) is 7.12. The van der Waals surface area contributed by atoms with Crippen LogP contribution < -0.4 is 5.32 Å². The molecule has 3 aromatic rings. The average molecular weight is 474 g/mol. The maximum atomic E-state index is 13.1. The van der Waals surface area contributed by atoms with Crippen LogP contribution in [-0.2, 0) is 30.4 Å². The van der Waals surface area contributed by atoms with Crippen LogP contribution in [0.4, 0.5) is 23.7 Å². The van der Waals surface area contributed by atoms with Gasteiger partial charge in [-0.2, -0.15) is 13.2 Å². The van der Waals surface area contributed by atoms with Crippen LogP contribution in [-0.4, -0.2) is 35.8 Å². The van der Waals surface area contributed by atoms with Crippen molar-refractivity contribution >= 4 is 11.7 Å². The third-order valence-corrected chi connectivity index (χ3v) is 5.53. The quantitative estimate of drug-likeness (QED) is 0.357. The lowest BCUT2D eigenvalue weighted by Gasteiger charge is -2.24. The Labute approximate surface area is 198 Å². The number of ether oxygens (including phenoxy) is 1. The summed E-state index contributed by atoms with van der Waals surface area (Å²) >= 11 is 0. The van der Waals surface area contributed by atoms with E-state index in [4.69, 9.17) is 4.74 Å². The molecular formula is C26H30F3N3O2. The standard InChI is InChI=1S/C26H30F3N3O2/c1-3-20-8-5-11-23(17-20)30-25(33)32(14-7-15-34-2)19-24-12-6-13-31(24)18-21-9-4-10-22(16-21)26(27,28)29/h4-6,8-13,16-17H,3,7,14-15,18-19H2,1-2H3,(H,30,33). The number of hydrogen-bond donors (Lipinski definition) is 1. The number of halogens is 3. The molecular weight excluding hydrogens is 443 g/mol. The fourth-order valence-corrected chi connectivity index (χ4v) is 3.71. The van der Waals surface area contributed by atoms with Gasteiger partial charge in [-0.25, -0.2) is 4.79 Å². The van der Waals surface area contributed by atoms with Gasteiger partial charge in [0.05, 0.1) is 12.1 Å². The Kier molecular flexibility index (Phi) is 8.76. The molecule has 0 aliphatic carbocycles. The summed E-state index contributed by atoms with van der Waals surface area (Å²) in [6, 6.07) is 16.5. The maximum absolute atomic E-state index is 13.1. The number of carbonyl (C=O) groups excluding carboxylic acids is 1. The van der Waals surface area contributed by atoms with Crippen molar-refractivity contribution in [1.29, 1.82) is 0 Å². The van der Waals surface area contributed by atoms with Gasteiger partial charge >= 0.3 is 12.2 Å². The van der Waals surface area contributed by atoms with E-state index in [0.717, 1.165) is 35.5 Å². The number of nitrogens with zero attached hydrogens (tertiary/aromatic N) is 2. The van der Waals surface area contributed by atoms with Gasteiger partial charge in [-0.15, -0.1) is 0 Å². The second-order valence-electron chi connectivity index (χ2n) is 8.08. The molecule has 2 aromatic carbocycles. The molecule has 0 saturated carbocycles. The maximum Gasteiger partial charge on any atom is 0.416 e. The van der Waals surface area contributed by atoms with Gasteiger partial charge in [-0.1, -0.05) is 31.2 Å². The van der Waals surface area contributed by atoms with Crippen molar-refractivity contribution in [2.75, 3.05) is 25.6 Å². The second-order valence-corrected chi connectivity index (χ2v) is 8.08. The number of aromatic nitrogens is 1. The summed E-state index contributed by atoms with van der Waals surface area (Å²) in [4.78, 5) is 14.8. The zero-order chi connectivity index (χ0) is 24.6. The van der Waals surface area contributed by atoms with E-state index < -0.39 is 11.7 Å². The highest BCUT2D eigenvalue weighted by Gasteiger charge is 2.30. The monoisotopic (exact) mass is 473 g/mol. The molecule has 0 radical (unpaired) electrons. The van der Waals surface area contributed by atoms with Crippen molar-refractivity contribution < 1.29 is 22.7 Å². The number of aryl methyl sites for hydroxylation is 1. The predicted octanol–water partition coefficient (Wildman–Crippen LogP) is 6.19. The number of rotatable bonds is 10. The third-order valence-electron chi connectivity index (χ3n) is 5.53. The van der Waals surface area contributed by atoms with Crippen molar-refractivity contribution in [1.82, 2.24) is 9.47 Å². The molecule has 8 heteroatoms. The number of hydrogen-bond acceptors (Lipinski definition) is 2. The summed E-state index contributed by atoms with van der Waals surface area (Å²) in [6.45, 7) is 3.63. The highest BCUT2D eigenvalue weighted by Crippen LogP contribution is 2.29. The first-order valence-electron chi connectivity index (χ1n) is 11.2. The minimum Gasteiger partial charge on any atom is -0.385 e. The van der Waals surface area contributed by atoms with E-state index in [2.05, 4.69) is 12.2 Å². The summed E-state index contributed by atoms with van der Waals surface area (Å²) in [6.07, 6.45) is -1.05. The van der Waals surface area contributed by atoms with Gasteiger partial charge in [0, 0.05) is 44.4 Å². The topological polar surface area (TPSA) is 46.5 Å². The Bertz CT molecular complexity index is 1080. The lowest BCUT2D eigenvalue weighted by molar-refractivity contribution is -0.137. The Hall–Kier alpha value is -3.26. The highest BCUT2D eigenvalue weighted by molar-refractivity contribution is 5.89. The molecule has 0 unspecified atom stereocenters. The van der Waals surface area contributed by atoms with Crippen molar-refractivity contribution in [3.05, 3.63) is 89.2 Å². The Morgan fingerprint density at radius 3 is 2.56 bits per heavy atom. The second kappa shape index (κ2) is 11.7. The number of methoxy groups -OCH3 is 1. The molecule has 5 nitrogen and oxygen atoms in total. The fraction of sp³-hybridized carbons (Fsp3) is 0.346. The summed E-state index contributed by atoms with van der Waals surface area (Å²) in [5, 5.41) is 2.96. The number of alkyl halides is 3. The fourth-order valence-electron chi connectivity index (χ4n) is 3.71. The predicted molar refractivity (Wildman–Crippen MR) is 127 cm³/mol. The lowest BCUT2D eigenvalue weighted by atomic mass is 10.1. The molecule has 0 atom stereocenters. The molecule has 1 N–H and O–H groups in total. The van der Waals surface area contributed by atoms with Crippen molar-refractivity contribution in [2.45, 2.75) is 39.0 Å². The van der Waals surface area contributed by atoms with E-state index in [1.165, 1.54) is 6.07 Å². The van der Waals surface area contributed by atoms with Crippen LogP contribution in [0.1, 0.15) is 35.7 Å². The Morgan fingerprint density at radius 1 is 1.06 bits per heavy atom. The molecule has 2 amide bonds. The van der Waals surface area contributed by atoms with Crippen LogP contribution in [0.3, 0.4) is 0 Å². The molecule has 0 aliphatic heterocycles. The molecule has 0 spiro atoms. The molecule has 0 bridgehead atoms. The molecule has 0 saturated heterocycles. The van der Waals surface area contributed by atoms with Crippen LogP contribution in [0.5, 0.6) is 0 Å². The molecule has 1 aromatic heterocycles. The largest absolute Gasteiger partial charge is 0.416 e. The molecule has 3 rings (SSSR count). The Morgan fingerprint density at radius 2 is 1.82 bits per heavy atom. The highest BCUT2D eigenvalue weighted by atomic mass is 19.4. The van der Waals surface area contributed by atoms with Gasteiger partial charge < -0.3 is 19.5 Å². The van der Waals surface area contributed by atoms with Gasteiger partial charge in [-0.3, -0.25) is 0 Å². The molecule has 0 fully saturated rings. The van der Waals surface area contributed by atoms with E-state index in [-0.39, 0.29) is 12.6 Å². The van der Waals surface area contributed by atoms with Gasteiger partial charge in [0.1, 0.15) is 0 Å². The van der Waals surface area contributed by atoms with Gasteiger partial charge in [0.2, 0.25) is 0 Å². The first kappa shape index (κ1) is 25.4. The zero-order valence-electron chi connectivity index (χ0n) is 19.4. The molecule has 1 heterocycles. The minimum absolute atomic E-state index is 0.240. The summed E-state index contributed by atoms with van der Waals surface area (Å²) in [5.41, 5.74) is 2.54. The Balaban J connectivity index is 1.75. The normalized spacial score (nSPS) is 11.4. The number of carbonyl (C=O) groups is 1. The number of anilines is 1. The summed E-state index contributed by atoms with van der Waals surface area (Å²) in [5.74, 6) is 0. The van der Waals surface area contributed by atoms with E-state index in [1.54, 1.807) is 18.1 Å². The first-order valence-corrected chi connectivity index (χ1v) is 11.2. The van der Waals surface area contributed by atoms with Crippen molar-refractivity contribution in [3.63, 3.8) is 0 Å². The number of amides is 2. The van der Waals surface area contributed by atoms with Crippen molar-refractivity contribution in [2.24, 2.45) is 0 Å². The average Bonchev–Trinajstić information content (AvgIpc) is 3.24. The SMILES string of the molecule is CCc1cccc(NC(=O)N(CCCOC)Cc2cccn2Cc2cccc(C(F)(F)F)c2)c1. The summed E-state index contributed by atoms with van der Waals surface area (Å²) < 4.78 is 46.3. The number of benzene rings is 2. The van der Waals surface area contributed by atoms with E-state index >= 15 is 0 Å². The van der Waals surface area contributed by atoms with Gasteiger partial charge in [0.25, 0.3) is 0 Å². The van der Waals surface area contributed by atoms with E-state index in [9.17, 15) is 18.0 Å². The van der Waals surface area contributed by atoms with Gasteiger partial charge in [-0.05, 0) is 60.4 Å². The smallest absolute Gasteiger partial charge is 0.385 e. The first-order chi connectivity index (χ1) is 16.3. The van der Waals surface area contributed by atoms with Crippen molar-refractivity contribution in [3.8, 4) is 0 Å². The lowest BCUT2D eigenvalue weighted by Crippen LogP contribution is -2.36. The van der Waals surface area contributed by atoms with Crippen LogP contribution >= 0.6 is 0 Å². The van der Waals surface area contributed by atoms with E-state index in [1.807, 2.05) is 47.2 Å². The molecule has 0 aliphatic rings. The zero-order valence-corrected chi connectivity index (χ0v) is 19.4. The van der Waals surface area contributed by atoms with Crippen LogP contribution in [0.25, 0.3) is 0 Å². The molecule has 182 valence electrons. The summed E-state index contributed by atoms with van der Waals surface area (Å²) in [7, 11) is 1.61. The van der Waals surface area contributed by atoms with E-state index in [0.29, 0.717) is 31.7 Å².